The maximum Gasteiger partial charge on any atom is 0.191 e. The van der Waals surface area contributed by atoms with E-state index >= 15 is 0 Å². The van der Waals surface area contributed by atoms with Gasteiger partial charge in [-0.3, -0.25) is 4.98 Å². The van der Waals surface area contributed by atoms with E-state index in [1.165, 1.54) is 12.1 Å². The molecule has 8 heteroatoms. The topological polar surface area (TPSA) is 67.8 Å². The zero-order valence-corrected chi connectivity index (χ0v) is 17.9. The highest BCUT2D eigenvalue weighted by Crippen LogP contribution is 2.13. The van der Waals surface area contributed by atoms with E-state index in [4.69, 9.17) is 9.47 Å². The molecule has 1 aromatic carbocycles. The van der Waals surface area contributed by atoms with Gasteiger partial charge >= 0.3 is 0 Å². The second kappa shape index (κ2) is 13.1. The number of pyridine rings is 1. The van der Waals surface area contributed by atoms with Crippen LogP contribution < -0.4 is 20.1 Å². The van der Waals surface area contributed by atoms with E-state index in [0.717, 1.165) is 12.3 Å². The third-order valence-electron chi connectivity index (χ3n) is 3.28. The van der Waals surface area contributed by atoms with Gasteiger partial charge in [0.2, 0.25) is 0 Å². The Bertz CT molecular complexity index is 688. The molecule has 0 radical (unpaired) electrons. The van der Waals surface area contributed by atoms with Crippen LogP contribution in [0.5, 0.6) is 11.5 Å². The molecule has 0 saturated carbocycles. The fourth-order valence-electron chi connectivity index (χ4n) is 2.14. The standard InChI is InChI=1S/C19H25FN4O2.HI/c1-3-22-19(23-10-11-25-18-8-5-9-21-14-18)24-13-15(2)26-17-7-4-6-16(20)12-17;/h4-9,12,14-15H,3,10-11,13H2,1-2H3,(H2,22,23,24);1H. The van der Waals surface area contributed by atoms with Crippen LogP contribution in [0.25, 0.3) is 0 Å². The van der Waals surface area contributed by atoms with Gasteiger partial charge in [0, 0.05) is 18.8 Å². The Morgan fingerprint density at radius 3 is 2.74 bits per heavy atom. The number of aromatic nitrogens is 1. The fraction of sp³-hybridized carbons (Fsp3) is 0.368. The van der Waals surface area contributed by atoms with Crippen molar-refractivity contribution in [3.05, 3.63) is 54.6 Å². The Kier molecular flexibility index (Phi) is 11.2. The Balaban J connectivity index is 0.00000364. The van der Waals surface area contributed by atoms with Gasteiger partial charge in [0.15, 0.2) is 5.96 Å². The lowest BCUT2D eigenvalue weighted by Crippen LogP contribution is -2.40. The summed E-state index contributed by atoms with van der Waals surface area (Å²) in [5, 5.41) is 6.36. The molecular formula is C19H26FIN4O2. The average Bonchev–Trinajstić information content (AvgIpc) is 2.64. The average molecular weight is 488 g/mol. The second-order valence-electron chi connectivity index (χ2n) is 5.57. The van der Waals surface area contributed by atoms with Gasteiger partial charge in [-0.15, -0.1) is 24.0 Å². The van der Waals surface area contributed by atoms with Gasteiger partial charge in [-0.25, -0.2) is 9.38 Å². The summed E-state index contributed by atoms with van der Waals surface area (Å²) in [5.41, 5.74) is 0. The van der Waals surface area contributed by atoms with E-state index in [1.54, 1.807) is 24.5 Å². The first-order valence-corrected chi connectivity index (χ1v) is 8.64. The number of aliphatic imine (C=N–C) groups is 1. The van der Waals surface area contributed by atoms with Gasteiger partial charge in [0.25, 0.3) is 0 Å². The summed E-state index contributed by atoms with van der Waals surface area (Å²) < 4.78 is 24.4. The van der Waals surface area contributed by atoms with Gasteiger partial charge in [0.05, 0.1) is 19.3 Å². The monoisotopic (exact) mass is 488 g/mol. The second-order valence-corrected chi connectivity index (χ2v) is 5.57. The molecule has 1 atom stereocenters. The Labute approximate surface area is 176 Å². The maximum atomic E-state index is 13.2. The summed E-state index contributed by atoms with van der Waals surface area (Å²) in [6, 6.07) is 9.78. The van der Waals surface area contributed by atoms with E-state index in [9.17, 15) is 4.39 Å². The number of hydrogen-bond donors (Lipinski definition) is 2. The lowest BCUT2D eigenvalue weighted by atomic mass is 10.3. The fourth-order valence-corrected chi connectivity index (χ4v) is 2.14. The number of guanidine groups is 1. The molecule has 0 aliphatic carbocycles. The third-order valence-corrected chi connectivity index (χ3v) is 3.28. The molecule has 0 aliphatic heterocycles. The number of nitrogens with zero attached hydrogens (tertiary/aromatic N) is 2. The predicted molar refractivity (Wildman–Crippen MR) is 116 cm³/mol. The molecule has 1 heterocycles. The highest BCUT2D eigenvalue weighted by atomic mass is 127. The highest BCUT2D eigenvalue weighted by molar-refractivity contribution is 14.0. The van der Waals surface area contributed by atoms with Crippen LogP contribution in [0.3, 0.4) is 0 Å². The molecule has 148 valence electrons. The predicted octanol–water partition coefficient (Wildman–Crippen LogP) is 3.24. The molecule has 2 rings (SSSR count). The first-order valence-electron chi connectivity index (χ1n) is 8.64. The van der Waals surface area contributed by atoms with Crippen LogP contribution >= 0.6 is 24.0 Å². The third kappa shape index (κ3) is 9.41. The minimum atomic E-state index is -0.318. The van der Waals surface area contributed by atoms with Crippen LogP contribution in [-0.4, -0.2) is 43.3 Å². The molecule has 1 unspecified atom stereocenters. The van der Waals surface area contributed by atoms with Crippen LogP contribution in [0.15, 0.2) is 53.8 Å². The molecule has 2 N–H and O–H groups in total. The highest BCUT2D eigenvalue weighted by Gasteiger charge is 2.05. The zero-order chi connectivity index (χ0) is 18.6. The molecule has 0 spiro atoms. The van der Waals surface area contributed by atoms with Gasteiger partial charge < -0.3 is 20.1 Å². The van der Waals surface area contributed by atoms with E-state index in [-0.39, 0.29) is 35.9 Å². The number of rotatable bonds is 9. The quantitative estimate of drug-likeness (QED) is 0.246. The molecule has 0 saturated heterocycles. The van der Waals surface area contributed by atoms with Crippen LogP contribution in [-0.2, 0) is 0 Å². The zero-order valence-electron chi connectivity index (χ0n) is 15.5. The van der Waals surface area contributed by atoms with Crippen LogP contribution in [0, 0.1) is 5.82 Å². The Morgan fingerprint density at radius 1 is 1.22 bits per heavy atom. The maximum absolute atomic E-state index is 13.2. The van der Waals surface area contributed by atoms with Crippen molar-refractivity contribution in [1.29, 1.82) is 0 Å². The van der Waals surface area contributed by atoms with Crippen molar-refractivity contribution in [2.45, 2.75) is 20.0 Å². The summed E-state index contributed by atoms with van der Waals surface area (Å²) in [5.74, 6) is 1.59. The Hall–Kier alpha value is -2.10. The normalized spacial score (nSPS) is 11.9. The van der Waals surface area contributed by atoms with Crippen molar-refractivity contribution in [2.24, 2.45) is 4.99 Å². The summed E-state index contributed by atoms with van der Waals surface area (Å²) >= 11 is 0. The molecule has 0 bridgehead atoms. The number of benzene rings is 1. The lowest BCUT2D eigenvalue weighted by Gasteiger charge is -2.15. The van der Waals surface area contributed by atoms with Gasteiger partial charge in [0.1, 0.15) is 30.0 Å². The molecule has 0 amide bonds. The van der Waals surface area contributed by atoms with Crippen LogP contribution in [0.2, 0.25) is 0 Å². The van der Waals surface area contributed by atoms with Crippen LogP contribution in [0.1, 0.15) is 13.8 Å². The Morgan fingerprint density at radius 2 is 2.04 bits per heavy atom. The van der Waals surface area contributed by atoms with Crippen molar-refractivity contribution in [1.82, 2.24) is 15.6 Å². The molecule has 27 heavy (non-hydrogen) atoms. The summed E-state index contributed by atoms with van der Waals surface area (Å²) in [7, 11) is 0. The number of halogens is 2. The van der Waals surface area contributed by atoms with Crippen molar-refractivity contribution in [2.75, 3.05) is 26.2 Å². The smallest absolute Gasteiger partial charge is 0.191 e. The summed E-state index contributed by atoms with van der Waals surface area (Å²) in [4.78, 5) is 8.48. The van der Waals surface area contributed by atoms with Gasteiger partial charge in [-0.1, -0.05) is 6.07 Å². The largest absolute Gasteiger partial charge is 0.490 e. The molecule has 0 aliphatic rings. The number of hydrogen-bond acceptors (Lipinski definition) is 4. The minimum absolute atomic E-state index is 0. The van der Waals surface area contributed by atoms with E-state index in [0.29, 0.717) is 31.4 Å². The lowest BCUT2D eigenvalue weighted by molar-refractivity contribution is 0.229. The minimum Gasteiger partial charge on any atom is -0.490 e. The van der Waals surface area contributed by atoms with Gasteiger partial charge in [-0.2, -0.15) is 0 Å². The van der Waals surface area contributed by atoms with E-state index < -0.39 is 0 Å². The first-order chi connectivity index (χ1) is 12.7. The number of nitrogens with one attached hydrogen (secondary N) is 2. The van der Waals surface area contributed by atoms with E-state index in [2.05, 4.69) is 20.6 Å². The molecule has 0 fully saturated rings. The summed E-state index contributed by atoms with van der Waals surface area (Å²) in [6.07, 6.45) is 3.19. The van der Waals surface area contributed by atoms with E-state index in [1.807, 2.05) is 26.0 Å². The van der Waals surface area contributed by atoms with Crippen molar-refractivity contribution in [3.63, 3.8) is 0 Å². The van der Waals surface area contributed by atoms with Crippen molar-refractivity contribution >= 4 is 29.9 Å². The molecular weight excluding hydrogens is 462 g/mol. The molecule has 2 aromatic rings. The SMILES string of the molecule is CCNC(=NCC(C)Oc1cccc(F)c1)NCCOc1cccnc1.I. The van der Waals surface area contributed by atoms with Crippen LogP contribution in [0.4, 0.5) is 4.39 Å². The molecule has 1 aromatic heterocycles. The summed E-state index contributed by atoms with van der Waals surface area (Å²) in [6.45, 7) is 6.16. The molecule has 6 nitrogen and oxygen atoms in total. The van der Waals surface area contributed by atoms with Crippen molar-refractivity contribution < 1.29 is 13.9 Å². The number of ether oxygens (including phenoxy) is 2. The van der Waals surface area contributed by atoms with Crippen molar-refractivity contribution in [3.8, 4) is 11.5 Å². The first kappa shape index (κ1) is 22.9. The van der Waals surface area contributed by atoms with Gasteiger partial charge in [-0.05, 0) is 38.1 Å².